The van der Waals surface area contributed by atoms with Gasteiger partial charge in [0.15, 0.2) is 0 Å². The third-order valence-corrected chi connectivity index (χ3v) is 3.70. The van der Waals surface area contributed by atoms with Gasteiger partial charge in [0.1, 0.15) is 11.0 Å². The number of piperidine rings is 1. The highest BCUT2D eigenvalue weighted by Gasteiger charge is 2.31. The number of hydrogen-bond acceptors (Lipinski definition) is 4. The van der Waals surface area contributed by atoms with E-state index in [4.69, 9.17) is 18.0 Å². The number of nitrogens with two attached hydrogens (primary N) is 1. The summed E-state index contributed by atoms with van der Waals surface area (Å²) in [5, 5.41) is 3.16. The largest absolute Gasteiger partial charge is 0.389 e. The quantitative estimate of drug-likeness (QED) is 0.646. The Balaban J connectivity index is 2.14. The van der Waals surface area contributed by atoms with E-state index in [9.17, 15) is 9.59 Å². The van der Waals surface area contributed by atoms with E-state index in [0.717, 1.165) is 16.8 Å². The van der Waals surface area contributed by atoms with Crippen molar-refractivity contribution >= 4 is 34.7 Å². The smallest absolute Gasteiger partial charge is 0.251 e. The van der Waals surface area contributed by atoms with Crippen LogP contribution in [-0.4, -0.2) is 34.8 Å². The zero-order chi connectivity index (χ0) is 14.9. The number of thiocarbonyl (C=S) groups is 1. The van der Waals surface area contributed by atoms with E-state index in [-0.39, 0.29) is 17.9 Å². The van der Waals surface area contributed by atoms with E-state index in [1.54, 1.807) is 0 Å². The summed E-state index contributed by atoms with van der Waals surface area (Å²) in [5.74, 6) is -0.328. The van der Waals surface area contributed by atoms with Crippen molar-refractivity contribution in [3.63, 3.8) is 0 Å². The first-order valence-electron chi connectivity index (χ1n) is 6.37. The minimum Gasteiger partial charge on any atom is -0.389 e. The fourth-order valence-electron chi connectivity index (χ4n) is 2.28. The maximum Gasteiger partial charge on any atom is 0.251 e. The minimum atomic E-state index is -0.368. The monoisotopic (exact) mass is 291 g/mol. The second kappa shape index (κ2) is 5.58. The van der Waals surface area contributed by atoms with Crippen LogP contribution < -0.4 is 11.1 Å². The number of benzene rings is 1. The highest BCUT2D eigenvalue weighted by molar-refractivity contribution is 7.80. The molecule has 0 aliphatic carbocycles. The molecule has 1 heterocycles. The highest BCUT2D eigenvalue weighted by Crippen LogP contribution is 2.20. The molecule has 6 heteroatoms. The maximum atomic E-state index is 12.0. The van der Waals surface area contributed by atoms with E-state index < -0.39 is 0 Å². The molecule has 0 radical (unpaired) electrons. The van der Waals surface area contributed by atoms with E-state index in [2.05, 4.69) is 5.32 Å². The van der Waals surface area contributed by atoms with Crippen LogP contribution in [0.1, 0.15) is 24.0 Å². The molecule has 0 bridgehead atoms. The zero-order valence-corrected chi connectivity index (χ0v) is 12.3. The first-order chi connectivity index (χ1) is 9.40. The number of carbonyl (C=O) groups is 2. The Bertz CT molecular complexity index is 586. The summed E-state index contributed by atoms with van der Waals surface area (Å²) in [6.45, 7) is 1.91. The van der Waals surface area contributed by atoms with E-state index in [1.807, 2.05) is 25.1 Å². The third kappa shape index (κ3) is 2.80. The van der Waals surface area contributed by atoms with E-state index in [1.165, 1.54) is 11.9 Å². The molecule has 0 saturated carbocycles. The Morgan fingerprint density at radius 3 is 2.75 bits per heavy atom. The molecular weight excluding hydrogens is 274 g/mol. The molecule has 1 fully saturated rings. The minimum absolute atomic E-state index is 0.131. The zero-order valence-electron chi connectivity index (χ0n) is 11.5. The summed E-state index contributed by atoms with van der Waals surface area (Å²) in [4.78, 5) is 25.0. The molecule has 2 rings (SSSR count). The number of imide groups is 1. The molecule has 0 aromatic heterocycles. The van der Waals surface area contributed by atoms with Crippen molar-refractivity contribution in [1.29, 1.82) is 0 Å². The number of nitrogens with zero attached hydrogens (tertiary/aromatic N) is 1. The van der Waals surface area contributed by atoms with Crippen molar-refractivity contribution in [2.45, 2.75) is 25.8 Å². The molecule has 1 aromatic rings. The van der Waals surface area contributed by atoms with Gasteiger partial charge in [-0.25, -0.2) is 0 Å². The molecule has 1 aliphatic rings. The second-order valence-corrected chi connectivity index (χ2v) is 5.36. The van der Waals surface area contributed by atoms with Gasteiger partial charge in [0, 0.05) is 24.7 Å². The van der Waals surface area contributed by atoms with Crippen LogP contribution in [0, 0.1) is 6.92 Å². The molecule has 3 N–H and O–H groups in total. The Labute approximate surface area is 123 Å². The molecule has 1 aliphatic heterocycles. The van der Waals surface area contributed by atoms with Crippen LogP contribution in [0.25, 0.3) is 0 Å². The number of nitrogens with one attached hydrogen (secondary N) is 1. The van der Waals surface area contributed by atoms with Crippen molar-refractivity contribution in [2.24, 2.45) is 5.73 Å². The number of amides is 2. The molecule has 1 atom stereocenters. The van der Waals surface area contributed by atoms with Gasteiger partial charge in [-0.05, 0) is 37.1 Å². The topological polar surface area (TPSA) is 75.4 Å². The van der Waals surface area contributed by atoms with Crippen molar-refractivity contribution in [3.05, 3.63) is 29.3 Å². The Hall–Kier alpha value is -1.95. The predicted octanol–water partition coefficient (Wildman–Crippen LogP) is 1.19. The molecule has 106 valence electrons. The Morgan fingerprint density at radius 1 is 1.45 bits per heavy atom. The summed E-state index contributed by atoms with van der Waals surface area (Å²) in [5.41, 5.74) is 8.22. The van der Waals surface area contributed by atoms with Crippen LogP contribution >= 0.6 is 12.2 Å². The summed E-state index contributed by atoms with van der Waals surface area (Å²) in [6.07, 6.45) is 0.891. The molecule has 1 unspecified atom stereocenters. The predicted molar refractivity (Wildman–Crippen MR) is 81.5 cm³/mol. The lowest BCUT2D eigenvalue weighted by molar-refractivity contribution is -0.146. The highest BCUT2D eigenvalue weighted by atomic mass is 32.1. The van der Waals surface area contributed by atoms with Crippen LogP contribution in [-0.2, 0) is 9.59 Å². The van der Waals surface area contributed by atoms with E-state index in [0.29, 0.717) is 17.8 Å². The van der Waals surface area contributed by atoms with Crippen LogP contribution in [0.15, 0.2) is 18.2 Å². The SMILES string of the molecule is Cc1cc(NC2CCC(=O)N(C)C2=O)ccc1C(N)=S. The van der Waals surface area contributed by atoms with Crippen LogP contribution in [0.4, 0.5) is 5.69 Å². The lowest BCUT2D eigenvalue weighted by Crippen LogP contribution is -2.48. The van der Waals surface area contributed by atoms with Gasteiger partial charge in [0.05, 0.1) is 0 Å². The first kappa shape index (κ1) is 14.5. The van der Waals surface area contributed by atoms with Crippen LogP contribution in [0.3, 0.4) is 0 Å². The van der Waals surface area contributed by atoms with E-state index >= 15 is 0 Å². The van der Waals surface area contributed by atoms with Gasteiger partial charge >= 0.3 is 0 Å². The van der Waals surface area contributed by atoms with Gasteiger partial charge in [-0.15, -0.1) is 0 Å². The summed E-state index contributed by atoms with van der Waals surface area (Å²) in [6, 6.07) is 5.21. The van der Waals surface area contributed by atoms with Gasteiger partial charge in [-0.2, -0.15) is 0 Å². The lowest BCUT2D eigenvalue weighted by atomic mass is 10.0. The molecule has 1 saturated heterocycles. The number of carbonyl (C=O) groups excluding carboxylic acids is 2. The first-order valence-corrected chi connectivity index (χ1v) is 6.78. The standard InChI is InChI=1S/C14H17N3O2S/c1-8-7-9(3-4-10(8)13(15)20)16-11-5-6-12(18)17(2)14(11)19/h3-4,7,11,16H,5-6H2,1-2H3,(H2,15,20). The average Bonchev–Trinajstić information content (AvgIpc) is 2.39. The Kier molecular flexibility index (Phi) is 4.04. The number of hydrogen-bond donors (Lipinski definition) is 2. The number of likely N-dealkylation sites (tertiary alicyclic amines) is 1. The molecule has 0 spiro atoms. The summed E-state index contributed by atoms with van der Waals surface area (Å²) >= 11 is 4.96. The molecule has 1 aromatic carbocycles. The van der Waals surface area contributed by atoms with Gasteiger partial charge in [-0.3, -0.25) is 14.5 Å². The van der Waals surface area contributed by atoms with Crippen LogP contribution in [0.5, 0.6) is 0 Å². The Morgan fingerprint density at radius 2 is 2.15 bits per heavy atom. The molecule has 2 amide bonds. The summed E-state index contributed by atoms with van der Waals surface area (Å²) < 4.78 is 0. The van der Waals surface area contributed by atoms with Crippen molar-refractivity contribution in [2.75, 3.05) is 12.4 Å². The average molecular weight is 291 g/mol. The number of likely N-dealkylation sites (N-methyl/N-ethyl adjacent to an activating group) is 1. The lowest BCUT2D eigenvalue weighted by Gasteiger charge is -2.29. The van der Waals surface area contributed by atoms with Gasteiger partial charge in [0.25, 0.3) is 5.91 Å². The summed E-state index contributed by atoms with van der Waals surface area (Å²) in [7, 11) is 1.51. The fraction of sp³-hybridized carbons (Fsp3) is 0.357. The van der Waals surface area contributed by atoms with Crippen molar-refractivity contribution in [3.8, 4) is 0 Å². The van der Waals surface area contributed by atoms with Gasteiger partial charge in [-0.1, -0.05) is 12.2 Å². The molecule has 20 heavy (non-hydrogen) atoms. The number of anilines is 1. The second-order valence-electron chi connectivity index (χ2n) is 4.92. The molecular formula is C14H17N3O2S. The number of aryl methyl sites for hydroxylation is 1. The number of rotatable bonds is 3. The van der Waals surface area contributed by atoms with Crippen molar-refractivity contribution < 1.29 is 9.59 Å². The normalized spacial score (nSPS) is 19.1. The third-order valence-electron chi connectivity index (χ3n) is 3.48. The van der Waals surface area contributed by atoms with Crippen molar-refractivity contribution in [1.82, 2.24) is 4.90 Å². The van der Waals surface area contributed by atoms with Crippen LogP contribution in [0.2, 0.25) is 0 Å². The van der Waals surface area contributed by atoms with Gasteiger partial charge in [0.2, 0.25) is 5.91 Å². The maximum absolute atomic E-state index is 12.0. The molecule has 5 nitrogen and oxygen atoms in total. The fourth-order valence-corrected chi connectivity index (χ4v) is 2.51. The van der Waals surface area contributed by atoms with Gasteiger partial charge < -0.3 is 11.1 Å².